The molecule has 0 radical (unpaired) electrons. The van der Waals surface area contributed by atoms with Crippen LogP contribution in [0.1, 0.15) is 11.1 Å². The van der Waals surface area contributed by atoms with Gasteiger partial charge in [-0.15, -0.1) is 10.2 Å². The average molecular weight is 421 g/mol. The molecule has 2 aromatic carbocycles. The van der Waals surface area contributed by atoms with Crippen molar-refractivity contribution in [3.8, 4) is 0 Å². The Morgan fingerprint density at radius 1 is 0.714 bits per heavy atom. The largest absolute Gasteiger partial charge is 0.296 e. The van der Waals surface area contributed by atoms with Crippen LogP contribution in [0.2, 0.25) is 0 Å². The minimum atomic E-state index is -4.84. The molecule has 0 aliphatic carbocycles. The highest BCUT2D eigenvalue weighted by molar-refractivity contribution is 7.89. The van der Waals surface area contributed by atoms with Crippen molar-refractivity contribution >= 4 is 32.4 Å². The second-order valence-electron chi connectivity index (χ2n) is 5.18. The zero-order chi connectivity index (χ0) is 20.6. The van der Waals surface area contributed by atoms with Gasteiger partial charge in [-0.05, 0) is 28.5 Å². The van der Waals surface area contributed by atoms with E-state index in [-0.39, 0.29) is 5.56 Å². The quantitative estimate of drug-likeness (QED) is 0.478. The van der Waals surface area contributed by atoms with Crippen LogP contribution < -0.4 is 0 Å². The van der Waals surface area contributed by atoms with Crippen molar-refractivity contribution < 1.29 is 25.9 Å². The molecule has 0 saturated carbocycles. The molecule has 0 atom stereocenters. The van der Waals surface area contributed by atoms with Crippen LogP contribution in [0.4, 0.5) is 0 Å². The van der Waals surface area contributed by atoms with E-state index in [1.165, 1.54) is 18.2 Å². The minimum Gasteiger partial charge on any atom is -0.282 e. The number of hydrogen-bond acceptors (Lipinski definition) is 7. The summed E-state index contributed by atoms with van der Waals surface area (Å²) >= 11 is 0. The predicted molar refractivity (Wildman–Crippen MR) is 101 cm³/mol. The topological polar surface area (TPSA) is 147 Å². The van der Waals surface area contributed by atoms with Gasteiger partial charge in [0.2, 0.25) is 0 Å². The monoisotopic (exact) mass is 421 g/mol. The Kier molecular flexibility index (Phi) is 7.06. The van der Waals surface area contributed by atoms with Crippen molar-refractivity contribution in [3.05, 3.63) is 78.1 Å². The van der Waals surface area contributed by atoms with Crippen molar-refractivity contribution in [2.75, 3.05) is 0 Å². The van der Waals surface area contributed by atoms with Crippen LogP contribution in [0.15, 0.2) is 76.8 Å². The lowest BCUT2D eigenvalue weighted by atomic mass is 10.1. The molecule has 146 valence electrons. The third-order valence-electron chi connectivity index (χ3n) is 3.21. The van der Waals surface area contributed by atoms with E-state index < -0.39 is 30.0 Å². The molecule has 3 aromatic rings. The van der Waals surface area contributed by atoms with E-state index in [1.54, 1.807) is 54.9 Å². The zero-order valence-corrected chi connectivity index (χ0v) is 15.8. The van der Waals surface area contributed by atoms with Gasteiger partial charge in [0.05, 0.1) is 12.4 Å². The van der Waals surface area contributed by atoms with Gasteiger partial charge in [0.15, 0.2) is 0 Å². The zero-order valence-electron chi connectivity index (χ0n) is 14.2. The first-order chi connectivity index (χ1) is 13.2. The summed E-state index contributed by atoms with van der Waals surface area (Å²) in [6.07, 6.45) is 6.05. The van der Waals surface area contributed by atoms with Crippen LogP contribution in [-0.4, -0.2) is 41.4 Å². The second kappa shape index (κ2) is 9.28. The van der Waals surface area contributed by atoms with Crippen molar-refractivity contribution in [1.82, 2.24) is 15.4 Å². The molecular formula is C17H15N3O6S2. The summed E-state index contributed by atoms with van der Waals surface area (Å²) in [5, 5.41) is 10.1. The van der Waals surface area contributed by atoms with Crippen LogP contribution >= 0.6 is 0 Å². The standard InChI is InChI=1S/C14H12O6S2.C3H3N3/c15-21(16,17)13-8-4-7-12(14(13)22(18,19)20)10-9-11-5-2-1-3-6-11;1-2-4-6-5-3-1/h1-10H,(H,15,16,17)(H,18,19,20);1-3H. The molecule has 1 aromatic heterocycles. The maximum absolute atomic E-state index is 11.5. The first kappa shape index (κ1) is 21.3. The number of aromatic nitrogens is 3. The molecule has 0 fully saturated rings. The lowest BCUT2D eigenvalue weighted by Crippen LogP contribution is -2.10. The lowest BCUT2D eigenvalue weighted by Gasteiger charge is -2.07. The molecule has 0 bridgehead atoms. The Morgan fingerprint density at radius 2 is 1.36 bits per heavy atom. The molecule has 0 aliphatic heterocycles. The Labute approximate surface area is 161 Å². The minimum absolute atomic E-state index is 0.0542. The van der Waals surface area contributed by atoms with Gasteiger partial charge in [0.25, 0.3) is 20.2 Å². The van der Waals surface area contributed by atoms with Crippen molar-refractivity contribution in [1.29, 1.82) is 0 Å². The van der Waals surface area contributed by atoms with Gasteiger partial charge >= 0.3 is 0 Å². The highest BCUT2D eigenvalue weighted by atomic mass is 32.2. The summed E-state index contributed by atoms with van der Waals surface area (Å²) in [6.45, 7) is 0. The van der Waals surface area contributed by atoms with Crippen molar-refractivity contribution in [2.24, 2.45) is 0 Å². The molecule has 0 unspecified atom stereocenters. The first-order valence-electron chi connectivity index (χ1n) is 7.59. The summed E-state index contributed by atoms with van der Waals surface area (Å²) in [5.74, 6) is 0. The van der Waals surface area contributed by atoms with Gasteiger partial charge in [-0.2, -0.15) is 16.8 Å². The second-order valence-corrected chi connectivity index (χ2v) is 7.93. The molecule has 2 N–H and O–H groups in total. The molecule has 9 nitrogen and oxygen atoms in total. The Morgan fingerprint density at radius 3 is 1.82 bits per heavy atom. The van der Waals surface area contributed by atoms with Crippen LogP contribution in [0.3, 0.4) is 0 Å². The first-order valence-corrected chi connectivity index (χ1v) is 10.5. The number of nitrogens with zero attached hydrogens (tertiary/aromatic N) is 3. The normalized spacial score (nSPS) is 11.6. The Bertz CT molecular complexity index is 1120. The molecule has 0 aliphatic rings. The highest BCUT2D eigenvalue weighted by Crippen LogP contribution is 2.26. The van der Waals surface area contributed by atoms with Gasteiger partial charge in [-0.1, -0.05) is 54.6 Å². The highest BCUT2D eigenvalue weighted by Gasteiger charge is 2.26. The number of hydrogen-bond donors (Lipinski definition) is 2. The number of benzene rings is 2. The third kappa shape index (κ3) is 6.32. The molecule has 0 amide bonds. The predicted octanol–water partition coefficient (Wildman–Crippen LogP) is 2.22. The van der Waals surface area contributed by atoms with E-state index in [0.717, 1.165) is 11.6 Å². The van der Waals surface area contributed by atoms with E-state index >= 15 is 0 Å². The van der Waals surface area contributed by atoms with E-state index in [4.69, 9.17) is 4.55 Å². The van der Waals surface area contributed by atoms with E-state index in [9.17, 15) is 21.4 Å². The van der Waals surface area contributed by atoms with Gasteiger partial charge in [-0.25, -0.2) is 0 Å². The van der Waals surface area contributed by atoms with Crippen LogP contribution in [0.5, 0.6) is 0 Å². The Hall–Kier alpha value is -2.99. The van der Waals surface area contributed by atoms with E-state index in [1.807, 2.05) is 0 Å². The van der Waals surface area contributed by atoms with Crippen molar-refractivity contribution in [2.45, 2.75) is 9.79 Å². The van der Waals surface area contributed by atoms with Crippen molar-refractivity contribution in [3.63, 3.8) is 0 Å². The van der Waals surface area contributed by atoms with Crippen LogP contribution in [0.25, 0.3) is 12.2 Å². The number of rotatable bonds is 4. The maximum atomic E-state index is 11.5. The molecule has 11 heteroatoms. The summed E-state index contributed by atoms with van der Waals surface area (Å²) in [6, 6.07) is 14.1. The molecule has 0 saturated heterocycles. The smallest absolute Gasteiger partial charge is 0.282 e. The lowest BCUT2D eigenvalue weighted by molar-refractivity contribution is 0.466. The average Bonchev–Trinajstić information content (AvgIpc) is 2.67. The molecule has 1 heterocycles. The summed E-state index contributed by atoms with van der Waals surface area (Å²) < 4.78 is 63.9. The summed E-state index contributed by atoms with van der Waals surface area (Å²) in [7, 11) is -9.64. The van der Waals surface area contributed by atoms with Crippen LogP contribution in [-0.2, 0) is 20.2 Å². The fourth-order valence-electron chi connectivity index (χ4n) is 2.10. The SMILES string of the molecule is O=S(=O)(O)c1cccc(C=Cc2ccccc2)c1S(=O)(=O)O.c1cnnnc1. The maximum Gasteiger partial charge on any atom is 0.296 e. The third-order valence-corrected chi connectivity index (χ3v) is 5.21. The van der Waals surface area contributed by atoms with Gasteiger partial charge in [0.1, 0.15) is 9.79 Å². The summed E-state index contributed by atoms with van der Waals surface area (Å²) in [4.78, 5) is -1.73. The summed E-state index contributed by atoms with van der Waals surface area (Å²) in [5.41, 5.74) is 0.697. The Balaban J connectivity index is 0.000000397. The van der Waals surface area contributed by atoms with E-state index in [2.05, 4.69) is 15.4 Å². The van der Waals surface area contributed by atoms with Gasteiger partial charge in [0, 0.05) is 0 Å². The van der Waals surface area contributed by atoms with Crippen LogP contribution in [0, 0.1) is 0 Å². The molecular weight excluding hydrogens is 406 g/mol. The fraction of sp³-hybridized carbons (Fsp3) is 0. The van der Waals surface area contributed by atoms with E-state index in [0.29, 0.717) is 0 Å². The molecule has 0 spiro atoms. The fourth-order valence-corrected chi connectivity index (χ4v) is 4.09. The van der Waals surface area contributed by atoms with Gasteiger partial charge in [-0.3, -0.25) is 9.11 Å². The molecule has 3 rings (SSSR count). The van der Waals surface area contributed by atoms with Gasteiger partial charge < -0.3 is 0 Å². The molecule has 28 heavy (non-hydrogen) atoms.